The molecule has 2 aromatic rings. The summed E-state index contributed by atoms with van der Waals surface area (Å²) < 4.78 is 0. The standard InChI is InChI=1S/2C6H7.C2H4.2ClH.Ti/c2*1-6-4-2-3-5-6;1-2;;;/h2*2-5H,1H3;1-2H2;2*1H;/q2*-1;;;;+4/p-2. The fraction of sp³-hybridized carbons (Fsp3) is 0.143. The van der Waals surface area contributed by atoms with E-state index in [2.05, 4.69) is 51.3 Å². The van der Waals surface area contributed by atoms with Crippen LogP contribution in [0, 0.1) is 13.8 Å². The predicted octanol–water partition coefficient (Wildman–Crippen LogP) is -1.76. The van der Waals surface area contributed by atoms with E-state index in [1.165, 1.54) is 11.1 Å². The third kappa shape index (κ3) is 15.7. The van der Waals surface area contributed by atoms with Gasteiger partial charge < -0.3 is 24.8 Å². The van der Waals surface area contributed by atoms with Crippen LogP contribution in [0.2, 0.25) is 0 Å². The molecule has 0 atom stereocenters. The van der Waals surface area contributed by atoms with Crippen LogP contribution in [0.3, 0.4) is 0 Å². The normalized spacial score (nSPS) is 6.47. The van der Waals surface area contributed by atoms with Gasteiger partial charge in [-0.1, -0.05) is 13.8 Å². The monoisotopic (exact) mass is 304 g/mol. The first-order valence-electron chi connectivity index (χ1n) is 4.65. The molecule has 0 radical (unpaired) electrons. The minimum absolute atomic E-state index is 0. The van der Waals surface area contributed by atoms with Crippen molar-refractivity contribution in [3.05, 3.63) is 72.8 Å². The molecule has 0 aliphatic carbocycles. The first-order chi connectivity index (χ1) is 6.79. The molecule has 0 saturated carbocycles. The quantitative estimate of drug-likeness (QED) is 0.307. The Labute approximate surface area is 133 Å². The first kappa shape index (κ1) is 25.5. The van der Waals surface area contributed by atoms with Gasteiger partial charge in [0.1, 0.15) is 0 Å². The molecule has 0 aliphatic rings. The minimum Gasteiger partial charge on any atom is -1.00 e. The van der Waals surface area contributed by atoms with Gasteiger partial charge in [-0.05, 0) is 0 Å². The fourth-order valence-corrected chi connectivity index (χ4v) is 0.940. The summed E-state index contributed by atoms with van der Waals surface area (Å²) >= 11 is 0. The van der Waals surface area contributed by atoms with Crippen LogP contribution in [0.25, 0.3) is 0 Å². The summed E-state index contributed by atoms with van der Waals surface area (Å²) in [6.45, 7) is 10.2. The van der Waals surface area contributed by atoms with Crippen molar-refractivity contribution in [3.63, 3.8) is 0 Å². The topological polar surface area (TPSA) is 0 Å². The SMILES string of the molecule is C=C.Cc1ccc[cH-]1.Cc1ccc[cH-]1.[Cl-].[Cl-].[Ti+4]. The number of rotatable bonds is 0. The number of aryl methyl sites for hydroxylation is 2. The molecule has 2 aromatic carbocycles. The maximum atomic E-state index is 3.00. The Morgan fingerprint density at radius 1 is 0.824 bits per heavy atom. The Hall–Kier alpha value is -0.266. The van der Waals surface area contributed by atoms with Gasteiger partial charge in [-0.3, -0.25) is 0 Å². The average Bonchev–Trinajstić information content (AvgIpc) is 2.83. The van der Waals surface area contributed by atoms with E-state index in [0.717, 1.165) is 0 Å². The van der Waals surface area contributed by atoms with Gasteiger partial charge in [0.25, 0.3) is 0 Å². The van der Waals surface area contributed by atoms with Gasteiger partial charge in [0, 0.05) is 0 Å². The third-order valence-corrected chi connectivity index (χ3v) is 1.66. The number of hydrogen-bond donors (Lipinski definition) is 0. The van der Waals surface area contributed by atoms with E-state index in [0.29, 0.717) is 0 Å². The average molecular weight is 305 g/mol. The van der Waals surface area contributed by atoms with E-state index in [9.17, 15) is 0 Å². The summed E-state index contributed by atoms with van der Waals surface area (Å²) in [5.41, 5.74) is 2.69. The molecule has 0 unspecified atom stereocenters. The molecule has 0 amide bonds. The van der Waals surface area contributed by atoms with E-state index in [1.807, 2.05) is 24.3 Å². The predicted molar refractivity (Wildman–Crippen MR) is 64.8 cm³/mol. The van der Waals surface area contributed by atoms with Crippen LogP contribution in [0.5, 0.6) is 0 Å². The van der Waals surface area contributed by atoms with Crippen molar-refractivity contribution in [1.29, 1.82) is 0 Å². The molecule has 0 fully saturated rings. The zero-order valence-electron chi connectivity index (χ0n) is 10.3. The summed E-state index contributed by atoms with van der Waals surface area (Å²) in [7, 11) is 0. The van der Waals surface area contributed by atoms with E-state index in [-0.39, 0.29) is 46.5 Å². The minimum atomic E-state index is 0. The summed E-state index contributed by atoms with van der Waals surface area (Å²) in [4.78, 5) is 0. The van der Waals surface area contributed by atoms with Gasteiger partial charge in [-0.25, -0.2) is 24.3 Å². The summed E-state index contributed by atoms with van der Waals surface area (Å²) in [5.74, 6) is 0. The Balaban J connectivity index is -0.0000000752. The largest absolute Gasteiger partial charge is 4.00 e. The second-order valence-electron chi connectivity index (χ2n) is 2.92. The number of halogens is 2. The number of hydrogen-bond acceptors (Lipinski definition) is 0. The van der Waals surface area contributed by atoms with Crippen molar-refractivity contribution in [2.45, 2.75) is 13.8 Å². The summed E-state index contributed by atoms with van der Waals surface area (Å²) in [6.07, 6.45) is 0. The molecule has 0 heterocycles. The molecular weight excluding hydrogens is 287 g/mol. The molecule has 92 valence electrons. The van der Waals surface area contributed by atoms with Crippen molar-refractivity contribution in [3.8, 4) is 0 Å². The molecule has 0 aromatic heterocycles. The van der Waals surface area contributed by atoms with Crippen LogP contribution >= 0.6 is 0 Å². The van der Waals surface area contributed by atoms with Gasteiger partial charge in [-0.2, -0.15) is 35.4 Å². The van der Waals surface area contributed by atoms with E-state index >= 15 is 0 Å². The zero-order chi connectivity index (χ0) is 10.8. The van der Waals surface area contributed by atoms with Crippen LogP contribution in [-0.2, 0) is 21.7 Å². The van der Waals surface area contributed by atoms with Crippen LogP contribution < -0.4 is 24.8 Å². The van der Waals surface area contributed by atoms with E-state index in [1.54, 1.807) is 0 Å². The Morgan fingerprint density at radius 2 is 1.12 bits per heavy atom. The third-order valence-electron chi connectivity index (χ3n) is 1.66. The van der Waals surface area contributed by atoms with Crippen molar-refractivity contribution >= 4 is 0 Å². The molecular formula is C14H18Cl2Ti. The van der Waals surface area contributed by atoms with Crippen molar-refractivity contribution in [2.24, 2.45) is 0 Å². The van der Waals surface area contributed by atoms with Crippen LogP contribution in [0.4, 0.5) is 0 Å². The van der Waals surface area contributed by atoms with Gasteiger partial charge in [-0.15, -0.1) is 13.2 Å². The molecule has 3 heteroatoms. The first-order valence-corrected chi connectivity index (χ1v) is 4.65. The van der Waals surface area contributed by atoms with Gasteiger partial charge in [0.15, 0.2) is 0 Å². The zero-order valence-corrected chi connectivity index (χ0v) is 13.4. The van der Waals surface area contributed by atoms with Crippen LogP contribution in [0.1, 0.15) is 11.1 Å². The van der Waals surface area contributed by atoms with Crippen molar-refractivity contribution < 1.29 is 46.5 Å². The molecule has 0 spiro atoms. The smallest absolute Gasteiger partial charge is 1.00 e. The van der Waals surface area contributed by atoms with Gasteiger partial charge in [0.05, 0.1) is 0 Å². The van der Waals surface area contributed by atoms with E-state index < -0.39 is 0 Å². The second kappa shape index (κ2) is 18.1. The maximum absolute atomic E-state index is 3.00. The fourth-order valence-electron chi connectivity index (χ4n) is 0.940. The molecule has 0 N–H and O–H groups in total. The second-order valence-corrected chi connectivity index (χ2v) is 2.92. The van der Waals surface area contributed by atoms with Gasteiger partial charge >= 0.3 is 21.7 Å². The van der Waals surface area contributed by atoms with Crippen LogP contribution in [0.15, 0.2) is 61.7 Å². The van der Waals surface area contributed by atoms with Crippen LogP contribution in [-0.4, -0.2) is 0 Å². The van der Waals surface area contributed by atoms with Crippen molar-refractivity contribution in [1.82, 2.24) is 0 Å². The molecule has 17 heavy (non-hydrogen) atoms. The molecule has 0 aliphatic heterocycles. The summed E-state index contributed by atoms with van der Waals surface area (Å²) in [5, 5.41) is 0. The Kier molecular flexibility index (Phi) is 27.2. The molecule has 0 bridgehead atoms. The molecule has 2 rings (SSSR count). The molecule has 0 saturated heterocycles. The Bertz CT molecular complexity index is 267. The van der Waals surface area contributed by atoms with Gasteiger partial charge in [0.2, 0.25) is 0 Å². The maximum Gasteiger partial charge on any atom is 4.00 e. The Morgan fingerprint density at radius 3 is 1.18 bits per heavy atom. The molecule has 0 nitrogen and oxygen atoms in total. The summed E-state index contributed by atoms with van der Waals surface area (Å²) in [6, 6.07) is 16.5. The van der Waals surface area contributed by atoms with Crippen molar-refractivity contribution in [2.75, 3.05) is 0 Å². The van der Waals surface area contributed by atoms with E-state index in [4.69, 9.17) is 0 Å².